The number of carbonyl (C=O) groups excluding carboxylic acids is 2. The first-order valence-corrected chi connectivity index (χ1v) is 42.6. The largest absolute Gasteiger partial charge is 0.289 e. The first kappa shape index (κ1) is 72.6. The number of ketones is 2. The van der Waals surface area contributed by atoms with Gasteiger partial charge in [0.1, 0.15) is 35.4 Å². The number of rotatable bonds is 26. The minimum absolute atomic E-state index is 0.0984. The van der Waals surface area contributed by atoms with Crippen LogP contribution in [0.1, 0.15) is 239 Å². The monoisotopic (exact) mass is 1580 g/mol. The molecule has 106 heavy (non-hydrogen) atoms. The number of thiophene rings is 4. The Labute approximate surface area is 655 Å². The number of hydrogen-bond donors (Lipinski definition) is 0. The van der Waals surface area contributed by atoms with E-state index in [1.165, 1.54) is 165 Å². The Balaban J connectivity index is 1.01. The van der Waals surface area contributed by atoms with Gasteiger partial charge in [-0.3, -0.25) is 9.59 Å². The lowest BCUT2D eigenvalue weighted by atomic mass is 9.65. The highest BCUT2D eigenvalue weighted by atomic mass is 79.9. The number of aryl methyl sites for hydroxylation is 4. The zero-order chi connectivity index (χ0) is 73.4. The summed E-state index contributed by atoms with van der Waals surface area (Å²) in [5.41, 5.74) is 18.7. The minimum atomic E-state index is -0.853. The van der Waals surface area contributed by atoms with Gasteiger partial charge in [0, 0.05) is 82.4 Å². The summed E-state index contributed by atoms with van der Waals surface area (Å²) in [6.07, 6.45) is 26.6. The fourth-order valence-electron chi connectivity index (χ4n) is 17.2. The Bertz CT molecular complexity index is 5150. The molecule has 4 aliphatic rings. The fraction of sp³-hybridized carbons (Fsp3) is 0.277. The van der Waals surface area contributed by atoms with Gasteiger partial charge in [0.05, 0.1) is 20.2 Å². The molecule has 0 unspecified atom stereocenters. The van der Waals surface area contributed by atoms with Crippen LogP contribution >= 0.6 is 77.2 Å². The van der Waals surface area contributed by atoms with Gasteiger partial charge in [0.25, 0.3) is 0 Å². The second-order valence-electron chi connectivity index (χ2n) is 28.8. The quantitative estimate of drug-likeness (QED) is 0.0302. The number of carbonyl (C=O) groups is 2. The van der Waals surface area contributed by atoms with Gasteiger partial charge in [-0.05, 0) is 178 Å². The Hall–Kier alpha value is -8.92. The van der Waals surface area contributed by atoms with E-state index in [0.717, 1.165) is 79.9 Å². The molecule has 0 fully saturated rings. The number of nitriles is 4. The molecular weight excluding hydrogens is 1510 g/mol. The van der Waals surface area contributed by atoms with Gasteiger partial charge in [-0.15, -0.1) is 45.3 Å². The van der Waals surface area contributed by atoms with Crippen molar-refractivity contribution in [3.8, 4) is 45.2 Å². The maximum atomic E-state index is 14.8. The highest BCUT2D eigenvalue weighted by Gasteiger charge is 2.55. The first-order chi connectivity index (χ1) is 51.9. The highest BCUT2D eigenvalue weighted by molar-refractivity contribution is 9.10. The van der Waals surface area contributed by atoms with Crippen molar-refractivity contribution in [1.82, 2.24) is 0 Å². The summed E-state index contributed by atoms with van der Waals surface area (Å²) in [6, 6.07) is 67.6. The lowest BCUT2D eigenvalue weighted by Gasteiger charge is -2.36. The van der Waals surface area contributed by atoms with Crippen LogP contribution in [-0.4, -0.2) is 11.6 Å². The van der Waals surface area contributed by atoms with E-state index in [0.29, 0.717) is 53.5 Å². The van der Waals surface area contributed by atoms with Crippen LogP contribution in [0.2, 0.25) is 0 Å². The second kappa shape index (κ2) is 31.1. The predicted molar refractivity (Wildman–Crippen MR) is 448 cm³/mol. The summed E-state index contributed by atoms with van der Waals surface area (Å²) in [7, 11) is 0. The SMILES string of the molecule is CCCCCCc1ccc(C2(c3ccc(CCCCCC)cc3)c3cc4c(cc3-c3sc5cc(/C=C6\C(=O)c7c(Br)cccc7C6=C(C#N)C#N)sc5c32)C(c2ccc(CCCCCC)cc2)(c2ccc(CCCCCC)cc2)c2c-4sc3cc(/C=C4\C(=O)c5c(Br)cccc5C4=C(C#N)C#N)sc23)cc1. The molecule has 0 aliphatic heterocycles. The summed E-state index contributed by atoms with van der Waals surface area (Å²) in [4.78, 5) is 33.8. The number of benzene rings is 7. The van der Waals surface area contributed by atoms with Gasteiger partial charge in [0.2, 0.25) is 0 Å². The molecule has 0 saturated carbocycles. The van der Waals surface area contributed by atoms with E-state index >= 15 is 0 Å². The van der Waals surface area contributed by atoms with Crippen LogP contribution in [0.15, 0.2) is 189 Å². The predicted octanol–water partition coefficient (Wildman–Crippen LogP) is 27.1. The fourth-order valence-corrected chi connectivity index (χ4v) is 23.8. The average Bonchev–Trinajstić information content (AvgIpc) is 1.49. The molecular formula is C94H80Br2N4O2S4. The number of unbranched alkanes of at least 4 members (excludes halogenated alkanes) is 12. The number of nitrogens with zero attached hydrogens (tertiary/aromatic N) is 4. The van der Waals surface area contributed by atoms with Gasteiger partial charge in [-0.2, -0.15) is 21.0 Å². The molecule has 4 heterocycles. The molecule has 0 bridgehead atoms. The highest BCUT2D eigenvalue weighted by Crippen LogP contribution is 2.68. The molecule has 0 atom stereocenters. The van der Waals surface area contributed by atoms with Crippen LogP contribution in [0, 0.1) is 45.3 Å². The summed E-state index contributed by atoms with van der Waals surface area (Å²) in [5.74, 6) is -0.453. The molecule has 4 aromatic heterocycles. The van der Waals surface area contributed by atoms with E-state index in [1.54, 1.807) is 22.7 Å². The number of allylic oxidation sites excluding steroid dienone is 6. The van der Waals surface area contributed by atoms with Crippen molar-refractivity contribution in [3.63, 3.8) is 0 Å². The average molecular weight is 1590 g/mol. The summed E-state index contributed by atoms with van der Waals surface area (Å²) >= 11 is 14.3. The van der Waals surface area contributed by atoms with Crippen LogP contribution in [-0.2, 0) is 36.5 Å². The molecule has 526 valence electrons. The van der Waals surface area contributed by atoms with E-state index in [4.69, 9.17) is 0 Å². The van der Waals surface area contributed by atoms with E-state index in [-0.39, 0.29) is 22.7 Å². The summed E-state index contributed by atoms with van der Waals surface area (Å²) in [6.45, 7) is 9.06. The van der Waals surface area contributed by atoms with Gasteiger partial charge in [0.15, 0.2) is 11.6 Å². The maximum Gasteiger partial charge on any atom is 0.195 e. The van der Waals surface area contributed by atoms with Crippen molar-refractivity contribution in [1.29, 1.82) is 21.0 Å². The van der Waals surface area contributed by atoms with Crippen LogP contribution in [0.3, 0.4) is 0 Å². The van der Waals surface area contributed by atoms with E-state index in [9.17, 15) is 30.6 Å². The number of halogens is 2. The van der Waals surface area contributed by atoms with Crippen molar-refractivity contribution in [2.75, 3.05) is 0 Å². The number of hydrogen-bond acceptors (Lipinski definition) is 10. The number of fused-ring (bicyclic) bond motifs is 12. The van der Waals surface area contributed by atoms with E-state index < -0.39 is 10.8 Å². The van der Waals surface area contributed by atoms with Crippen molar-refractivity contribution < 1.29 is 9.59 Å². The Morgan fingerprint density at radius 1 is 0.387 bits per heavy atom. The van der Waals surface area contributed by atoms with Crippen LogP contribution in [0.25, 0.3) is 63.0 Å². The third-order valence-corrected chi connectivity index (χ3v) is 28.5. The van der Waals surface area contributed by atoms with Gasteiger partial charge in [-0.1, -0.05) is 258 Å². The number of Topliss-reactive ketones (excluding diaryl/α,β-unsaturated/α-hetero) is 2. The van der Waals surface area contributed by atoms with Crippen molar-refractivity contribution in [2.24, 2.45) is 0 Å². The van der Waals surface area contributed by atoms with Crippen molar-refractivity contribution >= 4 is 131 Å². The maximum absolute atomic E-state index is 14.8. The third kappa shape index (κ3) is 12.5. The molecule has 0 radical (unpaired) electrons. The molecule has 7 aromatic carbocycles. The molecule has 12 heteroatoms. The lowest BCUT2D eigenvalue weighted by molar-refractivity contribution is 0.103. The molecule has 0 N–H and O–H groups in total. The van der Waals surface area contributed by atoms with Crippen molar-refractivity contribution in [2.45, 2.75) is 167 Å². The zero-order valence-electron chi connectivity index (χ0n) is 60.3. The molecule has 6 nitrogen and oxygen atoms in total. The molecule has 0 saturated heterocycles. The normalized spacial score (nSPS) is 14.8. The second-order valence-corrected chi connectivity index (χ2v) is 34.8. The summed E-state index contributed by atoms with van der Waals surface area (Å²) in [5, 5.41) is 42.0. The van der Waals surface area contributed by atoms with Crippen molar-refractivity contribution in [3.05, 3.63) is 288 Å². The molecule has 0 spiro atoms. The van der Waals surface area contributed by atoms with Crippen LogP contribution in [0.5, 0.6) is 0 Å². The van der Waals surface area contributed by atoms with Gasteiger partial charge in [-0.25, -0.2) is 0 Å². The third-order valence-electron chi connectivity index (χ3n) is 22.4. The van der Waals surface area contributed by atoms with Gasteiger partial charge < -0.3 is 0 Å². The van der Waals surface area contributed by atoms with E-state index in [1.807, 2.05) is 71.2 Å². The Morgan fingerprint density at radius 3 is 0.991 bits per heavy atom. The minimum Gasteiger partial charge on any atom is -0.289 e. The van der Waals surface area contributed by atoms with E-state index in [2.05, 4.69) is 205 Å². The first-order valence-electron chi connectivity index (χ1n) is 37.8. The Morgan fingerprint density at radius 2 is 0.698 bits per heavy atom. The molecule has 0 amide bonds. The summed E-state index contributed by atoms with van der Waals surface area (Å²) < 4.78 is 5.68. The topological polar surface area (TPSA) is 129 Å². The molecule has 11 aromatic rings. The Kier molecular flexibility index (Phi) is 21.3. The molecule has 15 rings (SSSR count). The van der Waals surface area contributed by atoms with Crippen LogP contribution in [0.4, 0.5) is 0 Å². The standard InChI is InChI=1S/C94H80Br2N4O2S4/c1-5-9-13-17-23-57-31-39-63(40-32-57)93(64-41-33-58(34-42-64)24-18-14-10-6-2)75-51-72-76(52-71(75)89-85(93)91-79(105-89)49-67(103-91)47-73-81(61(53-97)54-98)69-27-21-29-77(95)83(69)87(73)101)94(65-43-35-59(36-44-65)25-19-15-11-7-3,66-45-37-60(38-46-66)26-20-16-12-8-4)86-90(72)106-80-50-68(104-92(80)86)48-74-82(62(55-99)56-100)70-28-22-30-78(96)84(70)88(74)102/h21-22,27-52H,5-20,23-26H2,1-4H3/b73-47-,74-48-. The zero-order valence-corrected chi connectivity index (χ0v) is 66.7. The smallest absolute Gasteiger partial charge is 0.195 e. The van der Waals surface area contributed by atoms with Gasteiger partial charge >= 0.3 is 0 Å². The molecule has 4 aliphatic carbocycles. The van der Waals surface area contributed by atoms with Crippen LogP contribution < -0.4 is 0 Å². The lowest BCUT2D eigenvalue weighted by Crippen LogP contribution is -2.30.